The van der Waals surface area contributed by atoms with Crippen molar-refractivity contribution in [2.45, 2.75) is 46.1 Å². The van der Waals surface area contributed by atoms with Crippen LogP contribution < -0.4 is 5.32 Å². The number of amides is 1. The van der Waals surface area contributed by atoms with Gasteiger partial charge in [-0.2, -0.15) is 5.26 Å². The molecule has 0 aliphatic heterocycles. The van der Waals surface area contributed by atoms with Crippen LogP contribution >= 0.6 is 0 Å². The van der Waals surface area contributed by atoms with Gasteiger partial charge < -0.3 is 4.74 Å². The molecule has 0 bridgehead atoms. The summed E-state index contributed by atoms with van der Waals surface area (Å²) in [6, 6.07) is 9.81. The summed E-state index contributed by atoms with van der Waals surface area (Å²) in [4.78, 5) is 11.6. The molecule has 1 aromatic rings. The molecule has 20 heavy (non-hydrogen) atoms. The van der Waals surface area contributed by atoms with Crippen molar-refractivity contribution in [2.75, 3.05) is 5.32 Å². The van der Waals surface area contributed by atoms with E-state index in [0.29, 0.717) is 18.0 Å². The second-order valence-electron chi connectivity index (χ2n) is 5.42. The molecule has 1 N–H and O–H groups in total. The highest BCUT2D eigenvalue weighted by Crippen LogP contribution is 2.29. The molecule has 4 heteroatoms. The van der Waals surface area contributed by atoms with Gasteiger partial charge in [0.25, 0.3) is 0 Å². The maximum absolute atomic E-state index is 11.6. The fraction of sp³-hybridized carbons (Fsp3) is 0.500. The molecule has 1 amide bonds. The van der Waals surface area contributed by atoms with Crippen LogP contribution in [0, 0.1) is 17.2 Å². The maximum Gasteiger partial charge on any atom is 0.411 e. The van der Waals surface area contributed by atoms with E-state index in [2.05, 4.69) is 25.2 Å². The third-order valence-electron chi connectivity index (χ3n) is 3.02. The average molecular weight is 274 g/mol. The van der Waals surface area contributed by atoms with Crippen LogP contribution in [0.2, 0.25) is 0 Å². The van der Waals surface area contributed by atoms with Gasteiger partial charge in [0.05, 0.1) is 12.2 Å². The van der Waals surface area contributed by atoms with Gasteiger partial charge in [-0.05, 0) is 43.4 Å². The first-order valence-corrected chi connectivity index (χ1v) is 6.88. The Morgan fingerprint density at radius 3 is 2.60 bits per heavy atom. The molecule has 0 saturated carbocycles. The van der Waals surface area contributed by atoms with Gasteiger partial charge in [0.15, 0.2) is 0 Å². The third-order valence-corrected chi connectivity index (χ3v) is 3.02. The minimum absolute atomic E-state index is 0.153. The van der Waals surface area contributed by atoms with Crippen LogP contribution in [0.4, 0.5) is 10.5 Å². The van der Waals surface area contributed by atoms with Crippen molar-refractivity contribution in [1.29, 1.82) is 5.26 Å². The van der Waals surface area contributed by atoms with E-state index in [9.17, 15) is 4.79 Å². The van der Waals surface area contributed by atoms with Gasteiger partial charge in [0.2, 0.25) is 0 Å². The molecule has 0 aliphatic rings. The minimum atomic E-state index is -0.460. The van der Waals surface area contributed by atoms with Crippen molar-refractivity contribution < 1.29 is 9.53 Å². The molecule has 0 aliphatic carbocycles. The fourth-order valence-corrected chi connectivity index (χ4v) is 2.05. The van der Waals surface area contributed by atoms with Crippen LogP contribution in [-0.2, 0) is 4.74 Å². The van der Waals surface area contributed by atoms with Gasteiger partial charge in [-0.15, -0.1) is 0 Å². The Kier molecular flexibility index (Phi) is 6.05. The lowest BCUT2D eigenvalue weighted by atomic mass is 9.86. The van der Waals surface area contributed by atoms with Crippen molar-refractivity contribution in [3.05, 3.63) is 29.8 Å². The molecule has 1 unspecified atom stereocenters. The lowest BCUT2D eigenvalue weighted by molar-refractivity contribution is 0.130. The van der Waals surface area contributed by atoms with Gasteiger partial charge >= 0.3 is 6.09 Å². The highest BCUT2D eigenvalue weighted by Gasteiger charge is 2.16. The standard InChI is InChI=1S/C16H22N2O2/c1-11(2)15(8-9-17)13-6-5-7-14(10-13)18-16(19)20-12(3)4/h5-7,10-12,15H,8H2,1-4H3,(H,18,19). The zero-order chi connectivity index (χ0) is 15.1. The SMILES string of the molecule is CC(C)OC(=O)Nc1cccc(C(CC#N)C(C)C)c1. The maximum atomic E-state index is 11.6. The van der Waals surface area contributed by atoms with E-state index in [-0.39, 0.29) is 12.0 Å². The smallest absolute Gasteiger partial charge is 0.411 e. The van der Waals surface area contributed by atoms with Crippen molar-refractivity contribution in [2.24, 2.45) is 5.92 Å². The van der Waals surface area contributed by atoms with E-state index < -0.39 is 6.09 Å². The van der Waals surface area contributed by atoms with Gasteiger partial charge in [-0.25, -0.2) is 4.79 Å². The van der Waals surface area contributed by atoms with Crippen LogP contribution in [0.1, 0.15) is 45.6 Å². The van der Waals surface area contributed by atoms with Crippen LogP contribution in [0.5, 0.6) is 0 Å². The number of carbonyl (C=O) groups excluding carboxylic acids is 1. The molecular formula is C16H22N2O2. The topological polar surface area (TPSA) is 62.1 Å². The Bertz CT molecular complexity index is 489. The van der Waals surface area contributed by atoms with Crippen LogP contribution in [0.15, 0.2) is 24.3 Å². The fourth-order valence-electron chi connectivity index (χ4n) is 2.05. The normalized spacial score (nSPS) is 12.1. The largest absolute Gasteiger partial charge is 0.447 e. The van der Waals surface area contributed by atoms with E-state index in [0.717, 1.165) is 5.56 Å². The zero-order valence-corrected chi connectivity index (χ0v) is 12.5. The lowest BCUT2D eigenvalue weighted by Gasteiger charge is -2.19. The van der Waals surface area contributed by atoms with Gasteiger partial charge in [0, 0.05) is 12.1 Å². The predicted octanol–water partition coefficient (Wildman–Crippen LogP) is 4.30. The molecule has 1 atom stereocenters. The molecule has 0 saturated heterocycles. The molecular weight excluding hydrogens is 252 g/mol. The summed E-state index contributed by atoms with van der Waals surface area (Å²) in [6.07, 6.45) is -0.142. The molecule has 1 rings (SSSR count). The summed E-state index contributed by atoms with van der Waals surface area (Å²) in [5.41, 5.74) is 1.75. The number of anilines is 1. The Labute approximate surface area is 120 Å². The number of benzene rings is 1. The number of hydrogen-bond acceptors (Lipinski definition) is 3. The monoisotopic (exact) mass is 274 g/mol. The highest BCUT2D eigenvalue weighted by atomic mass is 16.6. The Morgan fingerprint density at radius 1 is 1.35 bits per heavy atom. The van der Waals surface area contributed by atoms with E-state index in [4.69, 9.17) is 10.00 Å². The van der Waals surface area contributed by atoms with Crippen LogP contribution in [-0.4, -0.2) is 12.2 Å². The Balaban J connectivity index is 2.84. The number of carbonyl (C=O) groups is 1. The molecule has 0 radical (unpaired) electrons. The summed E-state index contributed by atoms with van der Waals surface area (Å²) in [5.74, 6) is 0.537. The van der Waals surface area contributed by atoms with Crippen molar-refractivity contribution in [3.63, 3.8) is 0 Å². The first kappa shape index (κ1) is 16.0. The van der Waals surface area contributed by atoms with Crippen LogP contribution in [0.3, 0.4) is 0 Å². The number of nitrogens with one attached hydrogen (secondary N) is 1. The summed E-state index contributed by atoms with van der Waals surface area (Å²) in [7, 11) is 0. The van der Waals surface area contributed by atoms with E-state index in [1.54, 1.807) is 13.8 Å². The van der Waals surface area contributed by atoms with Crippen molar-refractivity contribution in [3.8, 4) is 6.07 Å². The molecule has 0 spiro atoms. The molecule has 0 heterocycles. The average Bonchev–Trinajstić information content (AvgIpc) is 2.34. The summed E-state index contributed by atoms with van der Waals surface area (Å²) in [6.45, 7) is 7.79. The van der Waals surface area contributed by atoms with Crippen LogP contribution in [0.25, 0.3) is 0 Å². The number of nitrogens with zero attached hydrogens (tertiary/aromatic N) is 1. The third kappa shape index (κ3) is 4.93. The molecule has 1 aromatic carbocycles. The first-order chi connectivity index (χ1) is 9.43. The number of hydrogen-bond donors (Lipinski definition) is 1. The van der Waals surface area contributed by atoms with Gasteiger partial charge in [-0.3, -0.25) is 5.32 Å². The van der Waals surface area contributed by atoms with Crippen molar-refractivity contribution >= 4 is 11.8 Å². The summed E-state index contributed by atoms with van der Waals surface area (Å²) < 4.78 is 5.05. The number of rotatable bonds is 5. The number of ether oxygens (including phenoxy) is 1. The van der Waals surface area contributed by atoms with Gasteiger partial charge in [-0.1, -0.05) is 26.0 Å². The lowest BCUT2D eigenvalue weighted by Crippen LogP contribution is -2.18. The first-order valence-electron chi connectivity index (χ1n) is 6.88. The summed E-state index contributed by atoms with van der Waals surface area (Å²) >= 11 is 0. The van der Waals surface area contributed by atoms with E-state index >= 15 is 0 Å². The zero-order valence-electron chi connectivity index (χ0n) is 12.5. The van der Waals surface area contributed by atoms with Gasteiger partial charge in [0.1, 0.15) is 0 Å². The Hall–Kier alpha value is -2.02. The minimum Gasteiger partial charge on any atom is -0.447 e. The molecule has 108 valence electrons. The molecule has 4 nitrogen and oxygen atoms in total. The highest BCUT2D eigenvalue weighted by molar-refractivity contribution is 5.84. The summed E-state index contributed by atoms with van der Waals surface area (Å²) in [5, 5.41) is 11.6. The second-order valence-corrected chi connectivity index (χ2v) is 5.42. The molecule has 0 aromatic heterocycles. The second kappa shape index (κ2) is 7.54. The number of nitriles is 1. The molecule has 0 fully saturated rings. The Morgan fingerprint density at radius 2 is 2.05 bits per heavy atom. The predicted molar refractivity (Wildman–Crippen MR) is 79.5 cm³/mol. The van der Waals surface area contributed by atoms with E-state index in [1.165, 1.54) is 0 Å². The quantitative estimate of drug-likeness (QED) is 0.870. The van der Waals surface area contributed by atoms with Crippen molar-refractivity contribution in [1.82, 2.24) is 0 Å². The van der Waals surface area contributed by atoms with E-state index in [1.807, 2.05) is 24.3 Å².